The van der Waals surface area contributed by atoms with Crippen LogP contribution < -0.4 is 0 Å². The van der Waals surface area contributed by atoms with Gasteiger partial charge in [-0.05, 0) is 19.3 Å². The Morgan fingerprint density at radius 3 is 2.89 bits per heavy atom. The Labute approximate surface area is 116 Å². The van der Waals surface area contributed by atoms with Gasteiger partial charge in [0.05, 0.1) is 5.69 Å². The summed E-state index contributed by atoms with van der Waals surface area (Å²) in [6.45, 7) is 1.85. The van der Waals surface area contributed by atoms with Crippen LogP contribution in [-0.2, 0) is 6.42 Å². The van der Waals surface area contributed by atoms with Crippen LogP contribution in [0.2, 0.25) is 0 Å². The molecule has 102 valence electrons. The number of aldehydes is 1. The zero-order chi connectivity index (χ0) is 13.2. The molecule has 0 N–H and O–H groups in total. The van der Waals surface area contributed by atoms with Gasteiger partial charge >= 0.3 is 0 Å². The van der Waals surface area contributed by atoms with E-state index in [-0.39, 0.29) is 0 Å². The van der Waals surface area contributed by atoms with Gasteiger partial charge in [0.25, 0.3) is 0 Å². The monoisotopic (exact) mass is 277 g/mol. The minimum absolute atomic E-state index is 0.593. The first-order valence-electron chi connectivity index (χ1n) is 7.08. The van der Waals surface area contributed by atoms with Gasteiger partial charge in [0, 0.05) is 6.42 Å². The van der Waals surface area contributed by atoms with Crippen molar-refractivity contribution < 1.29 is 4.79 Å². The summed E-state index contributed by atoms with van der Waals surface area (Å²) in [5.74, 6) is 0.872. The van der Waals surface area contributed by atoms with Crippen LogP contribution in [0, 0.1) is 12.8 Å². The van der Waals surface area contributed by atoms with E-state index in [0.717, 1.165) is 34.3 Å². The third-order valence-corrected chi connectivity index (χ3v) is 5.04. The maximum absolute atomic E-state index is 11.0. The Bertz CT molecular complexity index is 581. The first-order valence-corrected chi connectivity index (χ1v) is 7.90. The predicted molar refractivity (Wildman–Crippen MR) is 75.9 cm³/mol. The lowest BCUT2D eigenvalue weighted by molar-refractivity contribution is 0.111. The van der Waals surface area contributed by atoms with Crippen molar-refractivity contribution in [2.45, 2.75) is 51.9 Å². The predicted octanol–water partition coefficient (Wildman–Crippen LogP) is 3.42. The molecule has 4 nitrogen and oxygen atoms in total. The van der Waals surface area contributed by atoms with Gasteiger partial charge in [0.2, 0.25) is 4.96 Å². The molecule has 0 aliphatic heterocycles. The summed E-state index contributed by atoms with van der Waals surface area (Å²) in [5.41, 5.74) is 1.36. The molecule has 1 fully saturated rings. The molecule has 0 bridgehead atoms. The van der Waals surface area contributed by atoms with Gasteiger partial charge in [-0.25, -0.2) is 4.98 Å². The number of imidazole rings is 1. The maximum atomic E-state index is 11.0. The van der Waals surface area contributed by atoms with Crippen LogP contribution in [0.15, 0.2) is 0 Å². The molecule has 0 unspecified atom stereocenters. The molecule has 5 heteroatoms. The third kappa shape index (κ3) is 2.56. The van der Waals surface area contributed by atoms with Crippen molar-refractivity contribution in [2.24, 2.45) is 5.92 Å². The molecule has 3 rings (SSSR count). The Hall–Kier alpha value is -1.23. The normalized spacial score (nSPS) is 17.1. The van der Waals surface area contributed by atoms with E-state index >= 15 is 0 Å². The second-order valence-corrected chi connectivity index (χ2v) is 6.47. The Balaban J connectivity index is 1.71. The van der Waals surface area contributed by atoms with Crippen molar-refractivity contribution in [3.63, 3.8) is 0 Å². The quantitative estimate of drug-likeness (QED) is 0.804. The second kappa shape index (κ2) is 5.41. The van der Waals surface area contributed by atoms with Crippen LogP contribution in [0.3, 0.4) is 0 Å². The highest BCUT2D eigenvalue weighted by molar-refractivity contribution is 7.16. The fourth-order valence-electron chi connectivity index (χ4n) is 2.94. The summed E-state index contributed by atoms with van der Waals surface area (Å²) >= 11 is 1.62. The second-order valence-electron chi connectivity index (χ2n) is 5.43. The summed E-state index contributed by atoms with van der Waals surface area (Å²) in [6.07, 6.45) is 10.0. The Kier molecular flexibility index (Phi) is 3.64. The van der Waals surface area contributed by atoms with E-state index in [9.17, 15) is 4.79 Å². The zero-order valence-electron chi connectivity index (χ0n) is 11.3. The summed E-state index contributed by atoms with van der Waals surface area (Å²) in [4.78, 5) is 16.3. The summed E-state index contributed by atoms with van der Waals surface area (Å²) in [6, 6.07) is 0. The molecule has 0 saturated heterocycles. The van der Waals surface area contributed by atoms with Gasteiger partial charge in [-0.3, -0.25) is 4.79 Å². The Morgan fingerprint density at radius 2 is 2.16 bits per heavy atom. The van der Waals surface area contributed by atoms with Crippen LogP contribution in [-0.4, -0.2) is 20.9 Å². The lowest BCUT2D eigenvalue weighted by atomic mass is 9.86. The molecule has 19 heavy (non-hydrogen) atoms. The fourth-order valence-corrected chi connectivity index (χ4v) is 3.91. The molecule has 0 amide bonds. The van der Waals surface area contributed by atoms with Crippen molar-refractivity contribution in [2.75, 3.05) is 0 Å². The third-order valence-electron chi connectivity index (χ3n) is 4.07. The Morgan fingerprint density at radius 1 is 1.37 bits per heavy atom. The highest BCUT2D eigenvalue weighted by Gasteiger charge is 2.16. The fraction of sp³-hybridized carbons (Fsp3) is 0.643. The van der Waals surface area contributed by atoms with Gasteiger partial charge in [-0.15, -0.1) is 0 Å². The van der Waals surface area contributed by atoms with Crippen LogP contribution in [0.4, 0.5) is 0 Å². The van der Waals surface area contributed by atoms with Gasteiger partial charge in [0.15, 0.2) is 6.29 Å². The smallest absolute Gasteiger partial charge is 0.213 e. The lowest BCUT2D eigenvalue weighted by Crippen LogP contribution is -2.07. The minimum Gasteiger partial charge on any atom is -0.296 e. The summed E-state index contributed by atoms with van der Waals surface area (Å²) < 4.78 is 1.70. The average Bonchev–Trinajstić information content (AvgIpc) is 2.93. The van der Waals surface area contributed by atoms with E-state index in [1.807, 2.05) is 6.92 Å². The van der Waals surface area contributed by atoms with Gasteiger partial charge in [-0.1, -0.05) is 43.4 Å². The number of carbonyl (C=O) groups is 1. The van der Waals surface area contributed by atoms with Crippen LogP contribution >= 0.6 is 11.3 Å². The van der Waals surface area contributed by atoms with Crippen molar-refractivity contribution in [1.29, 1.82) is 0 Å². The van der Waals surface area contributed by atoms with Crippen LogP contribution in [0.25, 0.3) is 4.96 Å². The van der Waals surface area contributed by atoms with Crippen LogP contribution in [0.1, 0.15) is 59.7 Å². The molecule has 1 aliphatic carbocycles. The summed E-state index contributed by atoms with van der Waals surface area (Å²) in [7, 11) is 0. The average molecular weight is 277 g/mol. The van der Waals surface area contributed by atoms with Crippen molar-refractivity contribution in [1.82, 2.24) is 14.6 Å². The highest BCUT2D eigenvalue weighted by Crippen LogP contribution is 2.28. The molecule has 2 heterocycles. The minimum atomic E-state index is 0.593. The van der Waals surface area contributed by atoms with E-state index in [1.54, 1.807) is 15.9 Å². The van der Waals surface area contributed by atoms with Crippen LogP contribution in [0.5, 0.6) is 0 Å². The SMILES string of the molecule is Cc1nc2sc(CCC3CCCCC3)nn2c1C=O. The lowest BCUT2D eigenvalue weighted by Gasteiger charge is -2.20. The topological polar surface area (TPSA) is 47.3 Å². The number of aromatic nitrogens is 3. The molecule has 2 aromatic heterocycles. The van der Waals surface area contributed by atoms with E-state index in [1.165, 1.54) is 38.5 Å². The maximum Gasteiger partial charge on any atom is 0.213 e. The molecular formula is C14H19N3OS. The zero-order valence-corrected chi connectivity index (χ0v) is 12.1. The largest absolute Gasteiger partial charge is 0.296 e. The van der Waals surface area contributed by atoms with Gasteiger partial charge in [0.1, 0.15) is 10.7 Å². The van der Waals surface area contributed by atoms with Gasteiger partial charge in [-0.2, -0.15) is 9.61 Å². The first kappa shape index (κ1) is 12.8. The number of hydrogen-bond acceptors (Lipinski definition) is 4. The number of nitrogens with zero attached hydrogens (tertiary/aromatic N) is 3. The van der Waals surface area contributed by atoms with E-state index < -0.39 is 0 Å². The van der Waals surface area contributed by atoms with Crippen molar-refractivity contribution >= 4 is 22.6 Å². The van der Waals surface area contributed by atoms with Gasteiger partial charge < -0.3 is 0 Å². The van der Waals surface area contributed by atoms with E-state index in [2.05, 4.69) is 10.1 Å². The number of fused-ring (bicyclic) bond motifs is 1. The molecule has 1 aliphatic rings. The first-order chi connectivity index (χ1) is 9.28. The molecular weight excluding hydrogens is 258 g/mol. The molecule has 0 spiro atoms. The highest BCUT2D eigenvalue weighted by atomic mass is 32.1. The molecule has 0 radical (unpaired) electrons. The van der Waals surface area contributed by atoms with E-state index in [0.29, 0.717) is 5.69 Å². The molecule has 0 atom stereocenters. The summed E-state index contributed by atoms with van der Waals surface area (Å²) in [5, 5.41) is 5.64. The van der Waals surface area contributed by atoms with Crippen molar-refractivity contribution in [3.8, 4) is 0 Å². The number of aryl methyl sites for hydroxylation is 2. The van der Waals surface area contributed by atoms with E-state index in [4.69, 9.17) is 0 Å². The number of carbonyl (C=O) groups excluding carboxylic acids is 1. The number of hydrogen-bond donors (Lipinski definition) is 0. The van der Waals surface area contributed by atoms with Crippen molar-refractivity contribution in [3.05, 3.63) is 16.4 Å². The molecule has 0 aromatic carbocycles. The number of rotatable bonds is 4. The molecule has 1 saturated carbocycles. The standard InChI is InChI=1S/C14H19N3OS/c1-10-12(9-18)17-14(15-10)19-13(16-17)8-7-11-5-3-2-4-6-11/h9,11H,2-8H2,1H3. The molecule has 2 aromatic rings.